The molecule has 9 heteroatoms. The fourth-order valence-corrected chi connectivity index (χ4v) is 5.09. The number of carbonyl (C=O) groups is 2. The van der Waals surface area contributed by atoms with Gasteiger partial charge in [-0.2, -0.15) is 0 Å². The lowest BCUT2D eigenvalue weighted by Crippen LogP contribution is -2.48. The molecule has 2 aliphatic rings. The molecule has 0 aromatic carbocycles. The maximum atomic E-state index is 13.0. The summed E-state index contributed by atoms with van der Waals surface area (Å²) in [5, 5.41) is 10.7. The van der Waals surface area contributed by atoms with E-state index in [4.69, 9.17) is 11.6 Å². The molecule has 2 aromatic rings. The van der Waals surface area contributed by atoms with Crippen LogP contribution >= 0.6 is 22.9 Å². The molecule has 32 heavy (non-hydrogen) atoms. The normalized spacial score (nSPS) is 18.2. The van der Waals surface area contributed by atoms with Gasteiger partial charge in [-0.1, -0.05) is 37.3 Å². The molecular formula is C23H30ClN5O2S. The molecule has 2 amide bonds. The molecule has 0 radical (unpaired) electrons. The lowest BCUT2D eigenvalue weighted by molar-refractivity contribution is -0.123. The number of amides is 2. The van der Waals surface area contributed by atoms with Gasteiger partial charge >= 0.3 is 0 Å². The summed E-state index contributed by atoms with van der Waals surface area (Å²) in [7, 11) is 0. The molecule has 2 aliphatic carbocycles. The first-order valence-electron chi connectivity index (χ1n) is 11.3. The fourth-order valence-electron chi connectivity index (χ4n) is 4.11. The zero-order valence-corrected chi connectivity index (χ0v) is 20.1. The zero-order valence-electron chi connectivity index (χ0n) is 18.5. The van der Waals surface area contributed by atoms with Crippen LogP contribution in [0.5, 0.6) is 0 Å². The second kappa shape index (κ2) is 10.2. The summed E-state index contributed by atoms with van der Waals surface area (Å²) in [6.45, 7) is 3.89. The van der Waals surface area contributed by atoms with Crippen LogP contribution in [0.15, 0.2) is 18.5 Å². The third-order valence-corrected chi connectivity index (χ3v) is 7.52. The molecule has 2 fully saturated rings. The lowest BCUT2D eigenvalue weighted by atomic mass is 9.97. The molecule has 2 heterocycles. The van der Waals surface area contributed by atoms with E-state index in [1.54, 1.807) is 12.4 Å². The Morgan fingerprint density at radius 3 is 2.66 bits per heavy atom. The van der Waals surface area contributed by atoms with Crippen molar-refractivity contribution in [1.82, 2.24) is 20.6 Å². The number of nitrogens with zero attached hydrogens (tertiary/aromatic N) is 2. The Kier molecular flexibility index (Phi) is 7.30. The first-order valence-corrected chi connectivity index (χ1v) is 12.5. The number of nitrogens with one attached hydrogen (secondary N) is 3. The summed E-state index contributed by atoms with van der Waals surface area (Å²) in [4.78, 5) is 34.9. The van der Waals surface area contributed by atoms with E-state index in [0.717, 1.165) is 42.1 Å². The summed E-state index contributed by atoms with van der Waals surface area (Å²) in [5.74, 6) is 0.202. The van der Waals surface area contributed by atoms with E-state index in [9.17, 15) is 9.59 Å². The highest BCUT2D eigenvalue weighted by atomic mass is 35.5. The Balaban J connectivity index is 1.40. The van der Waals surface area contributed by atoms with Crippen molar-refractivity contribution in [3.05, 3.63) is 39.1 Å². The molecule has 172 valence electrons. The van der Waals surface area contributed by atoms with Gasteiger partial charge in [-0.3, -0.25) is 14.6 Å². The van der Waals surface area contributed by atoms with Crippen LogP contribution in [0.2, 0.25) is 5.02 Å². The SMILES string of the molecule is Cc1ncc(Cl)cc1N[C@@H](C)c1ncc(C(=O)N[C@@H](CC2CCCC2)C(=O)NC2CC2)s1. The van der Waals surface area contributed by atoms with Gasteiger partial charge in [0.1, 0.15) is 15.9 Å². The fraction of sp³-hybridized carbons (Fsp3) is 0.565. The number of hydrogen-bond acceptors (Lipinski definition) is 6. The van der Waals surface area contributed by atoms with Gasteiger partial charge in [0.15, 0.2) is 0 Å². The van der Waals surface area contributed by atoms with E-state index in [1.165, 1.54) is 24.2 Å². The van der Waals surface area contributed by atoms with Gasteiger partial charge in [-0.25, -0.2) is 4.98 Å². The number of pyridine rings is 1. The molecule has 7 nitrogen and oxygen atoms in total. The first-order chi connectivity index (χ1) is 15.4. The van der Waals surface area contributed by atoms with Crippen molar-refractivity contribution >= 4 is 40.4 Å². The number of aryl methyl sites for hydroxylation is 1. The maximum Gasteiger partial charge on any atom is 0.263 e. The van der Waals surface area contributed by atoms with Gasteiger partial charge in [0.2, 0.25) is 5.91 Å². The van der Waals surface area contributed by atoms with E-state index in [-0.39, 0.29) is 23.9 Å². The predicted octanol–water partition coefficient (Wildman–Crippen LogP) is 4.63. The highest BCUT2D eigenvalue weighted by Crippen LogP contribution is 2.30. The van der Waals surface area contributed by atoms with Gasteiger partial charge in [-0.05, 0) is 45.1 Å². The van der Waals surface area contributed by atoms with Gasteiger partial charge in [-0.15, -0.1) is 11.3 Å². The Morgan fingerprint density at radius 2 is 1.94 bits per heavy atom. The molecule has 3 N–H and O–H groups in total. The Labute approximate surface area is 197 Å². The number of carbonyl (C=O) groups excluding carboxylic acids is 2. The Hall–Kier alpha value is -2.19. The van der Waals surface area contributed by atoms with Crippen LogP contribution in [-0.4, -0.2) is 33.9 Å². The van der Waals surface area contributed by atoms with Crippen LogP contribution in [0, 0.1) is 12.8 Å². The topological polar surface area (TPSA) is 96.0 Å². The molecule has 0 bridgehead atoms. The van der Waals surface area contributed by atoms with Crippen LogP contribution in [0.3, 0.4) is 0 Å². The summed E-state index contributed by atoms with van der Waals surface area (Å²) in [6.07, 6.45) is 10.6. The van der Waals surface area contributed by atoms with Crippen LogP contribution in [-0.2, 0) is 4.79 Å². The van der Waals surface area contributed by atoms with Crippen molar-refractivity contribution in [1.29, 1.82) is 0 Å². The zero-order chi connectivity index (χ0) is 22.7. The van der Waals surface area contributed by atoms with Crippen molar-refractivity contribution in [3.8, 4) is 0 Å². The summed E-state index contributed by atoms with van der Waals surface area (Å²) in [6, 6.07) is 1.49. The van der Waals surface area contributed by atoms with Crippen molar-refractivity contribution in [2.75, 3.05) is 5.32 Å². The quantitative estimate of drug-likeness (QED) is 0.491. The largest absolute Gasteiger partial charge is 0.375 e. The average molecular weight is 476 g/mol. The minimum Gasteiger partial charge on any atom is -0.375 e. The van der Waals surface area contributed by atoms with Crippen LogP contribution < -0.4 is 16.0 Å². The molecular weight excluding hydrogens is 446 g/mol. The average Bonchev–Trinajstić information content (AvgIpc) is 3.22. The molecule has 2 atom stereocenters. The highest BCUT2D eigenvalue weighted by molar-refractivity contribution is 7.13. The Morgan fingerprint density at radius 1 is 1.19 bits per heavy atom. The van der Waals surface area contributed by atoms with Gasteiger partial charge in [0.05, 0.1) is 28.6 Å². The molecule has 0 saturated heterocycles. The number of anilines is 1. The van der Waals surface area contributed by atoms with Crippen LogP contribution in [0.1, 0.15) is 78.3 Å². The monoisotopic (exact) mass is 475 g/mol. The van der Waals surface area contributed by atoms with Crippen molar-refractivity contribution < 1.29 is 9.59 Å². The molecule has 0 unspecified atom stereocenters. The standard InChI is InChI=1S/C23H30ClN5O2S/c1-13-18(10-16(24)11-25-13)27-14(2)23-26-12-20(32-23)22(31)29-19(9-15-5-3-4-6-15)21(30)28-17-7-8-17/h10-12,14-15,17,19,27H,3-9H2,1-2H3,(H,28,30)(H,29,31)/t14-,19-/m0/s1. The molecule has 4 rings (SSSR count). The van der Waals surface area contributed by atoms with E-state index in [1.807, 2.05) is 19.9 Å². The molecule has 2 aromatic heterocycles. The summed E-state index contributed by atoms with van der Waals surface area (Å²) < 4.78 is 0. The maximum absolute atomic E-state index is 13.0. The summed E-state index contributed by atoms with van der Waals surface area (Å²) in [5.41, 5.74) is 1.67. The number of thiazole rings is 1. The van der Waals surface area contributed by atoms with Crippen LogP contribution in [0.4, 0.5) is 5.69 Å². The smallest absolute Gasteiger partial charge is 0.263 e. The second-order valence-corrected chi connectivity index (χ2v) is 10.4. The number of rotatable bonds is 9. The first kappa shape index (κ1) is 23.0. The number of hydrogen-bond donors (Lipinski definition) is 3. The predicted molar refractivity (Wildman–Crippen MR) is 127 cm³/mol. The highest BCUT2D eigenvalue weighted by Gasteiger charge is 2.31. The van der Waals surface area contributed by atoms with Crippen LogP contribution in [0.25, 0.3) is 0 Å². The van der Waals surface area contributed by atoms with Crippen molar-refractivity contribution in [3.63, 3.8) is 0 Å². The van der Waals surface area contributed by atoms with Crippen molar-refractivity contribution in [2.24, 2.45) is 5.92 Å². The number of aromatic nitrogens is 2. The van der Waals surface area contributed by atoms with E-state index in [0.29, 0.717) is 22.2 Å². The van der Waals surface area contributed by atoms with E-state index >= 15 is 0 Å². The van der Waals surface area contributed by atoms with E-state index in [2.05, 4.69) is 25.9 Å². The second-order valence-electron chi connectivity index (χ2n) is 8.91. The third kappa shape index (κ3) is 5.98. The lowest BCUT2D eigenvalue weighted by Gasteiger charge is -2.21. The van der Waals surface area contributed by atoms with Gasteiger partial charge in [0.25, 0.3) is 5.91 Å². The molecule has 2 saturated carbocycles. The minimum absolute atomic E-state index is 0.0588. The molecule has 0 spiro atoms. The van der Waals surface area contributed by atoms with Crippen molar-refractivity contribution in [2.45, 2.75) is 76.9 Å². The van der Waals surface area contributed by atoms with E-state index < -0.39 is 6.04 Å². The van der Waals surface area contributed by atoms with Gasteiger partial charge < -0.3 is 16.0 Å². The minimum atomic E-state index is -0.493. The Bertz CT molecular complexity index is 971. The molecule has 0 aliphatic heterocycles. The summed E-state index contributed by atoms with van der Waals surface area (Å²) >= 11 is 7.39. The number of halogens is 1. The third-order valence-electron chi connectivity index (χ3n) is 6.13. The van der Waals surface area contributed by atoms with Gasteiger partial charge in [0, 0.05) is 12.2 Å².